The molecule has 2 heterocycles. The van der Waals surface area contributed by atoms with Crippen LogP contribution in [-0.2, 0) is 0 Å². The Morgan fingerprint density at radius 2 is 2.40 bits per heavy atom. The third-order valence-electron chi connectivity index (χ3n) is 1.26. The molecule has 0 saturated heterocycles. The average Bonchev–Trinajstić information content (AvgIpc) is 2.27. The van der Waals surface area contributed by atoms with Crippen LogP contribution in [0.4, 0.5) is 0 Å². The Hall–Kier alpha value is -1.58. The van der Waals surface area contributed by atoms with Gasteiger partial charge in [-0.2, -0.15) is 5.10 Å². The van der Waals surface area contributed by atoms with E-state index in [1.807, 2.05) is 0 Å². The van der Waals surface area contributed by atoms with Crippen LogP contribution in [0.25, 0.3) is 5.52 Å². The van der Waals surface area contributed by atoms with Crippen molar-refractivity contribution in [3.8, 4) is 5.75 Å². The standard InChI is InChI=1S/C6H5N3O/c10-6-1-5-2-7-4-8-9(5)3-6/h1-4,10H. The average molecular weight is 135 g/mol. The molecule has 50 valence electrons. The van der Waals surface area contributed by atoms with E-state index in [-0.39, 0.29) is 5.75 Å². The van der Waals surface area contributed by atoms with E-state index in [1.54, 1.807) is 16.8 Å². The zero-order valence-corrected chi connectivity index (χ0v) is 5.10. The molecule has 1 N–H and O–H groups in total. The molecule has 4 heteroatoms. The number of nitrogens with zero attached hydrogens (tertiary/aromatic N) is 3. The van der Waals surface area contributed by atoms with E-state index in [4.69, 9.17) is 5.11 Å². The summed E-state index contributed by atoms with van der Waals surface area (Å²) in [5, 5.41) is 12.8. The maximum Gasteiger partial charge on any atom is 0.136 e. The summed E-state index contributed by atoms with van der Waals surface area (Å²) in [7, 11) is 0. The van der Waals surface area contributed by atoms with E-state index in [0.29, 0.717) is 0 Å². The fraction of sp³-hybridized carbons (Fsp3) is 0. The van der Waals surface area contributed by atoms with Gasteiger partial charge in [-0.15, -0.1) is 0 Å². The van der Waals surface area contributed by atoms with Gasteiger partial charge in [-0.3, -0.25) is 0 Å². The fourth-order valence-corrected chi connectivity index (χ4v) is 0.846. The smallest absolute Gasteiger partial charge is 0.136 e. The summed E-state index contributed by atoms with van der Waals surface area (Å²) < 4.78 is 1.56. The number of fused-ring (bicyclic) bond motifs is 1. The van der Waals surface area contributed by atoms with Crippen LogP contribution >= 0.6 is 0 Å². The highest BCUT2D eigenvalue weighted by molar-refractivity contribution is 5.48. The first kappa shape index (κ1) is 5.22. The number of rotatable bonds is 0. The first-order chi connectivity index (χ1) is 4.86. The Bertz CT molecular complexity index is 322. The highest BCUT2D eigenvalue weighted by Crippen LogP contribution is 2.11. The molecule has 0 atom stereocenters. The largest absolute Gasteiger partial charge is 0.506 e. The van der Waals surface area contributed by atoms with Crippen LogP contribution in [0, 0.1) is 0 Å². The maximum atomic E-state index is 8.97. The first-order valence-corrected chi connectivity index (χ1v) is 2.83. The molecule has 2 aromatic heterocycles. The summed E-state index contributed by atoms with van der Waals surface area (Å²) in [6, 6.07) is 1.60. The van der Waals surface area contributed by atoms with Gasteiger partial charge in [-0.25, -0.2) is 9.50 Å². The molecule has 10 heavy (non-hydrogen) atoms. The Morgan fingerprint density at radius 3 is 3.20 bits per heavy atom. The molecular weight excluding hydrogens is 130 g/mol. The van der Waals surface area contributed by atoms with E-state index < -0.39 is 0 Å². The van der Waals surface area contributed by atoms with Crippen LogP contribution in [0.3, 0.4) is 0 Å². The molecule has 0 aliphatic heterocycles. The lowest BCUT2D eigenvalue weighted by Gasteiger charge is -1.86. The van der Waals surface area contributed by atoms with E-state index in [1.165, 1.54) is 12.5 Å². The summed E-state index contributed by atoms with van der Waals surface area (Å²) in [6.07, 6.45) is 4.58. The molecule has 2 aromatic rings. The van der Waals surface area contributed by atoms with Gasteiger partial charge in [0.15, 0.2) is 0 Å². The van der Waals surface area contributed by atoms with Gasteiger partial charge in [-0.05, 0) is 0 Å². The molecule has 2 rings (SSSR count). The molecule has 0 aliphatic carbocycles. The van der Waals surface area contributed by atoms with Crippen LogP contribution in [0.5, 0.6) is 5.75 Å². The van der Waals surface area contributed by atoms with Crippen molar-refractivity contribution < 1.29 is 5.11 Å². The molecular formula is C6H5N3O. The minimum Gasteiger partial charge on any atom is -0.506 e. The van der Waals surface area contributed by atoms with Crippen LogP contribution in [0.2, 0.25) is 0 Å². The van der Waals surface area contributed by atoms with Crippen molar-refractivity contribution >= 4 is 5.52 Å². The third kappa shape index (κ3) is 0.621. The molecule has 0 aromatic carbocycles. The van der Waals surface area contributed by atoms with Gasteiger partial charge < -0.3 is 5.11 Å². The van der Waals surface area contributed by atoms with Gasteiger partial charge in [-0.1, -0.05) is 0 Å². The second-order valence-corrected chi connectivity index (χ2v) is 1.98. The monoisotopic (exact) mass is 135 g/mol. The summed E-state index contributed by atoms with van der Waals surface area (Å²) in [6.45, 7) is 0. The lowest BCUT2D eigenvalue weighted by molar-refractivity contribution is 0.475. The Labute approximate surface area is 56.8 Å². The lowest BCUT2D eigenvalue weighted by atomic mass is 10.5. The molecule has 0 saturated carbocycles. The minimum atomic E-state index is 0.209. The highest BCUT2D eigenvalue weighted by atomic mass is 16.3. The molecule has 0 fully saturated rings. The summed E-state index contributed by atoms with van der Waals surface area (Å²) >= 11 is 0. The van der Waals surface area contributed by atoms with Crippen LogP contribution in [-0.4, -0.2) is 19.7 Å². The van der Waals surface area contributed by atoms with Crippen molar-refractivity contribution in [2.45, 2.75) is 0 Å². The minimum absolute atomic E-state index is 0.209. The Balaban J connectivity index is 2.88. The van der Waals surface area contributed by atoms with Gasteiger partial charge in [0.25, 0.3) is 0 Å². The van der Waals surface area contributed by atoms with Gasteiger partial charge >= 0.3 is 0 Å². The maximum absolute atomic E-state index is 8.97. The number of aromatic hydroxyl groups is 1. The SMILES string of the molecule is Oc1cc2cncnn2c1. The summed E-state index contributed by atoms with van der Waals surface area (Å²) in [4.78, 5) is 3.78. The van der Waals surface area contributed by atoms with E-state index in [9.17, 15) is 0 Å². The fourth-order valence-electron chi connectivity index (χ4n) is 0.846. The number of aromatic nitrogens is 3. The van der Waals surface area contributed by atoms with E-state index in [0.717, 1.165) is 5.52 Å². The predicted octanol–water partition coefficient (Wildman–Crippen LogP) is 0.435. The second kappa shape index (κ2) is 1.70. The van der Waals surface area contributed by atoms with Gasteiger partial charge in [0.1, 0.15) is 12.1 Å². The first-order valence-electron chi connectivity index (χ1n) is 2.83. The van der Waals surface area contributed by atoms with Crippen LogP contribution in [0.1, 0.15) is 0 Å². The Morgan fingerprint density at radius 1 is 1.50 bits per heavy atom. The topological polar surface area (TPSA) is 50.4 Å². The van der Waals surface area contributed by atoms with Gasteiger partial charge in [0.05, 0.1) is 17.9 Å². The second-order valence-electron chi connectivity index (χ2n) is 1.98. The van der Waals surface area contributed by atoms with E-state index >= 15 is 0 Å². The molecule has 0 aliphatic rings. The molecule has 4 nitrogen and oxygen atoms in total. The Kier molecular flexibility index (Phi) is 0.887. The number of hydrogen-bond acceptors (Lipinski definition) is 3. The van der Waals surface area contributed by atoms with Crippen molar-refractivity contribution in [3.63, 3.8) is 0 Å². The molecule has 0 amide bonds. The van der Waals surface area contributed by atoms with Crippen molar-refractivity contribution in [2.24, 2.45) is 0 Å². The van der Waals surface area contributed by atoms with Gasteiger partial charge in [0, 0.05) is 6.07 Å². The van der Waals surface area contributed by atoms with Crippen molar-refractivity contribution in [1.82, 2.24) is 14.6 Å². The van der Waals surface area contributed by atoms with Crippen molar-refractivity contribution in [3.05, 3.63) is 24.8 Å². The molecule has 0 unspecified atom stereocenters. The molecule has 0 bridgehead atoms. The van der Waals surface area contributed by atoms with E-state index in [2.05, 4.69) is 10.1 Å². The highest BCUT2D eigenvalue weighted by Gasteiger charge is 1.94. The summed E-state index contributed by atoms with van der Waals surface area (Å²) in [5.41, 5.74) is 0.792. The molecule has 0 spiro atoms. The van der Waals surface area contributed by atoms with Crippen LogP contribution in [0.15, 0.2) is 24.8 Å². The quantitative estimate of drug-likeness (QED) is 0.570. The van der Waals surface area contributed by atoms with Crippen LogP contribution < -0.4 is 0 Å². The summed E-state index contributed by atoms with van der Waals surface area (Å²) in [5.74, 6) is 0.209. The normalized spacial score (nSPS) is 10.4. The molecule has 0 radical (unpaired) electrons. The lowest BCUT2D eigenvalue weighted by Crippen LogP contribution is -1.87. The zero-order chi connectivity index (χ0) is 6.97. The van der Waals surface area contributed by atoms with Crippen molar-refractivity contribution in [1.29, 1.82) is 0 Å². The third-order valence-corrected chi connectivity index (χ3v) is 1.26. The zero-order valence-electron chi connectivity index (χ0n) is 5.10. The van der Waals surface area contributed by atoms with Gasteiger partial charge in [0.2, 0.25) is 0 Å². The number of hydrogen-bond donors (Lipinski definition) is 1. The predicted molar refractivity (Wildman–Crippen MR) is 34.7 cm³/mol. The van der Waals surface area contributed by atoms with Crippen molar-refractivity contribution in [2.75, 3.05) is 0 Å².